The lowest BCUT2D eigenvalue weighted by Crippen LogP contribution is -2.29. The van der Waals surface area contributed by atoms with Gasteiger partial charge in [-0.05, 0) is 43.7 Å². The maximum atomic E-state index is 13.2. The molecule has 0 saturated carbocycles. The molecule has 1 aliphatic heterocycles. The molecule has 3 aromatic rings. The maximum absolute atomic E-state index is 13.2. The van der Waals surface area contributed by atoms with Gasteiger partial charge in [-0.1, -0.05) is 23.8 Å². The summed E-state index contributed by atoms with van der Waals surface area (Å²) in [5.74, 6) is 1.19. The zero-order chi connectivity index (χ0) is 19.1. The molecule has 4 rings (SSSR count). The summed E-state index contributed by atoms with van der Waals surface area (Å²) in [6, 6.07) is 13.4. The summed E-state index contributed by atoms with van der Waals surface area (Å²) in [5.41, 5.74) is 5.16. The van der Waals surface area contributed by atoms with Gasteiger partial charge in [0.05, 0.1) is 26.0 Å². The van der Waals surface area contributed by atoms with E-state index in [0.29, 0.717) is 17.2 Å². The summed E-state index contributed by atoms with van der Waals surface area (Å²) < 4.78 is 10.8. The molecule has 0 saturated heterocycles. The number of ether oxygens (including phenoxy) is 2. The Bertz CT molecular complexity index is 1010. The van der Waals surface area contributed by atoms with Gasteiger partial charge < -0.3 is 9.47 Å². The van der Waals surface area contributed by atoms with Gasteiger partial charge in [-0.15, -0.1) is 0 Å². The molecule has 138 valence electrons. The summed E-state index contributed by atoms with van der Waals surface area (Å²) >= 11 is 0. The van der Waals surface area contributed by atoms with Gasteiger partial charge in [0, 0.05) is 11.3 Å². The van der Waals surface area contributed by atoms with Crippen LogP contribution in [0.25, 0.3) is 0 Å². The highest BCUT2D eigenvalue weighted by Crippen LogP contribution is 2.44. The van der Waals surface area contributed by atoms with Crippen LogP contribution < -0.4 is 14.4 Å². The van der Waals surface area contributed by atoms with E-state index in [1.54, 1.807) is 19.1 Å². The third kappa shape index (κ3) is 2.65. The second-order valence-corrected chi connectivity index (χ2v) is 6.63. The number of aryl methyl sites for hydroxylation is 2. The van der Waals surface area contributed by atoms with Gasteiger partial charge in [0.25, 0.3) is 5.91 Å². The lowest BCUT2D eigenvalue weighted by molar-refractivity contribution is 0.0988. The molecule has 0 aliphatic carbocycles. The molecule has 2 aromatic carbocycles. The van der Waals surface area contributed by atoms with E-state index in [2.05, 4.69) is 10.2 Å². The van der Waals surface area contributed by atoms with Crippen molar-refractivity contribution in [2.24, 2.45) is 0 Å². The molecule has 0 spiro atoms. The van der Waals surface area contributed by atoms with Crippen molar-refractivity contribution in [3.63, 3.8) is 0 Å². The van der Waals surface area contributed by atoms with E-state index in [1.807, 2.05) is 56.3 Å². The number of benzene rings is 2. The van der Waals surface area contributed by atoms with Gasteiger partial charge in [0.2, 0.25) is 0 Å². The third-order valence-corrected chi connectivity index (χ3v) is 4.99. The molecule has 27 heavy (non-hydrogen) atoms. The zero-order valence-electron chi connectivity index (χ0n) is 15.7. The fraction of sp³-hybridized carbons (Fsp3) is 0.238. The molecular formula is C21H21N3O3. The Balaban J connectivity index is 1.89. The Labute approximate surface area is 157 Å². The number of nitrogens with one attached hydrogen (secondary N) is 1. The predicted octanol–water partition coefficient (Wildman–Crippen LogP) is 3.79. The minimum absolute atomic E-state index is 0.0887. The van der Waals surface area contributed by atoms with Crippen LogP contribution >= 0.6 is 0 Å². The van der Waals surface area contributed by atoms with Crippen LogP contribution in [-0.2, 0) is 0 Å². The van der Waals surface area contributed by atoms with Gasteiger partial charge in [-0.3, -0.25) is 14.8 Å². The zero-order valence-corrected chi connectivity index (χ0v) is 15.7. The molecule has 1 amide bonds. The lowest BCUT2D eigenvalue weighted by atomic mass is 9.98. The second-order valence-electron chi connectivity index (χ2n) is 6.63. The van der Waals surface area contributed by atoms with Gasteiger partial charge in [0.1, 0.15) is 5.69 Å². The molecule has 1 N–H and O–H groups in total. The topological polar surface area (TPSA) is 67.5 Å². The van der Waals surface area contributed by atoms with E-state index in [9.17, 15) is 4.79 Å². The van der Waals surface area contributed by atoms with E-state index in [0.717, 1.165) is 28.1 Å². The van der Waals surface area contributed by atoms with Crippen molar-refractivity contribution in [1.29, 1.82) is 0 Å². The largest absolute Gasteiger partial charge is 0.493 e. The number of nitrogens with zero attached hydrogens (tertiary/aromatic N) is 2. The van der Waals surface area contributed by atoms with Gasteiger partial charge >= 0.3 is 0 Å². The summed E-state index contributed by atoms with van der Waals surface area (Å²) in [7, 11) is 3.21. The molecule has 0 fully saturated rings. The number of carbonyl (C=O) groups excluding carboxylic acids is 1. The van der Waals surface area contributed by atoms with Crippen LogP contribution in [0.15, 0.2) is 42.5 Å². The standard InChI is InChI=1S/C21H21N3O3/c1-12-5-8-15(9-6-12)24-20(18-13(2)22-23-19(18)21(24)25)14-7-10-16(26-3)17(11-14)27-4/h5-11,20H,1-4H3,(H,22,23). The number of aromatic amines is 1. The van der Waals surface area contributed by atoms with Crippen molar-refractivity contribution in [2.45, 2.75) is 19.9 Å². The van der Waals surface area contributed by atoms with Gasteiger partial charge in [0.15, 0.2) is 11.5 Å². The minimum atomic E-state index is -0.284. The predicted molar refractivity (Wildman–Crippen MR) is 103 cm³/mol. The molecule has 6 nitrogen and oxygen atoms in total. The smallest absolute Gasteiger partial charge is 0.277 e. The van der Waals surface area contributed by atoms with Crippen molar-refractivity contribution in [3.8, 4) is 11.5 Å². The van der Waals surface area contributed by atoms with E-state index in [-0.39, 0.29) is 11.9 Å². The van der Waals surface area contributed by atoms with E-state index in [4.69, 9.17) is 9.47 Å². The average molecular weight is 363 g/mol. The molecular weight excluding hydrogens is 342 g/mol. The number of methoxy groups -OCH3 is 2. The number of H-pyrrole nitrogens is 1. The third-order valence-electron chi connectivity index (χ3n) is 4.99. The number of carbonyl (C=O) groups is 1. The molecule has 0 radical (unpaired) electrons. The highest BCUT2D eigenvalue weighted by atomic mass is 16.5. The Hall–Kier alpha value is -3.28. The monoisotopic (exact) mass is 363 g/mol. The van der Waals surface area contributed by atoms with E-state index < -0.39 is 0 Å². The van der Waals surface area contributed by atoms with Gasteiger partial charge in [-0.25, -0.2) is 0 Å². The number of amides is 1. The van der Waals surface area contributed by atoms with Crippen LogP contribution in [0.2, 0.25) is 0 Å². The van der Waals surface area contributed by atoms with Crippen LogP contribution in [0.4, 0.5) is 5.69 Å². The molecule has 1 aliphatic rings. The Morgan fingerprint density at radius 2 is 1.70 bits per heavy atom. The molecule has 1 unspecified atom stereocenters. The Morgan fingerprint density at radius 1 is 1.00 bits per heavy atom. The number of hydrogen-bond donors (Lipinski definition) is 1. The van der Waals surface area contributed by atoms with Crippen molar-refractivity contribution < 1.29 is 14.3 Å². The van der Waals surface area contributed by atoms with Crippen LogP contribution in [0.1, 0.15) is 38.9 Å². The van der Waals surface area contributed by atoms with Crippen molar-refractivity contribution in [1.82, 2.24) is 10.2 Å². The number of hydrogen-bond acceptors (Lipinski definition) is 4. The number of fused-ring (bicyclic) bond motifs is 1. The molecule has 0 bridgehead atoms. The first-order valence-electron chi connectivity index (χ1n) is 8.72. The number of aromatic nitrogens is 2. The van der Waals surface area contributed by atoms with Crippen molar-refractivity contribution in [3.05, 3.63) is 70.5 Å². The first-order valence-corrected chi connectivity index (χ1v) is 8.72. The summed E-state index contributed by atoms with van der Waals surface area (Å²) in [4.78, 5) is 15.0. The highest BCUT2D eigenvalue weighted by Gasteiger charge is 2.42. The van der Waals surface area contributed by atoms with E-state index in [1.165, 1.54) is 0 Å². The fourth-order valence-corrected chi connectivity index (χ4v) is 3.62. The second kappa shape index (κ2) is 6.46. The summed E-state index contributed by atoms with van der Waals surface area (Å²) in [6.07, 6.45) is 0. The normalized spacial score (nSPS) is 15.8. The van der Waals surface area contributed by atoms with E-state index >= 15 is 0 Å². The lowest BCUT2D eigenvalue weighted by Gasteiger charge is -2.27. The van der Waals surface area contributed by atoms with Crippen molar-refractivity contribution in [2.75, 3.05) is 19.1 Å². The molecule has 1 atom stereocenters. The maximum Gasteiger partial charge on any atom is 0.277 e. The Kier molecular flexibility index (Phi) is 4.11. The van der Waals surface area contributed by atoms with Gasteiger partial charge in [-0.2, -0.15) is 5.10 Å². The quantitative estimate of drug-likeness (QED) is 0.766. The SMILES string of the molecule is COc1ccc(C2c3c(C)n[nH]c3C(=O)N2c2ccc(C)cc2)cc1OC. The first kappa shape index (κ1) is 17.1. The number of anilines is 1. The first-order chi connectivity index (χ1) is 13.0. The summed E-state index contributed by atoms with van der Waals surface area (Å²) in [5, 5.41) is 7.16. The van der Waals surface area contributed by atoms with Crippen LogP contribution in [0.5, 0.6) is 11.5 Å². The van der Waals surface area contributed by atoms with Crippen LogP contribution in [0, 0.1) is 13.8 Å². The fourth-order valence-electron chi connectivity index (χ4n) is 3.62. The molecule has 2 heterocycles. The van der Waals surface area contributed by atoms with Crippen LogP contribution in [-0.4, -0.2) is 30.3 Å². The van der Waals surface area contributed by atoms with Crippen LogP contribution in [0.3, 0.4) is 0 Å². The molecule has 6 heteroatoms. The average Bonchev–Trinajstić information content (AvgIpc) is 3.20. The highest BCUT2D eigenvalue weighted by molar-refractivity contribution is 6.10. The summed E-state index contributed by atoms with van der Waals surface area (Å²) in [6.45, 7) is 3.94. The molecule has 1 aromatic heterocycles. The Morgan fingerprint density at radius 3 is 2.37 bits per heavy atom. The van der Waals surface area contributed by atoms with Crippen molar-refractivity contribution >= 4 is 11.6 Å². The minimum Gasteiger partial charge on any atom is -0.493 e. The number of rotatable bonds is 4.